The first-order valence-electron chi connectivity index (χ1n) is 9.99. The van der Waals surface area contributed by atoms with Crippen molar-refractivity contribution in [1.82, 2.24) is 9.88 Å². The number of rotatable bonds is 6. The molecule has 2 saturated heterocycles. The lowest BCUT2D eigenvalue weighted by molar-refractivity contribution is -0.186. The van der Waals surface area contributed by atoms with E-state index in [1.807, 2.05) is 24.3 Å². The van der Waals surface area contributed by atoms with Crippen molar-refractivity contribution in [2.45, 2.75) is 31.3 Å². The molecule has 9 heteroatoms. The maximum absolute atomic E-state index is 12.6. The average Bonchev–Trinajstić information content (AvgIpc) is 3.35. The number of aryl methyl sites for hydroxylation is 1. The quantitative estimate of drug-likeness (QED) is 0.689. The molecule has 0 radical (unpaired) electrons. The van der Waals surface area contributed by atoms with Gasteiger partial charge in [0.2, 0.25) is 11.8 Å². The molecule has 162 valence electrons. The average molecular weight is 435 g/mol. The van der Waals surface area contributed by atoms with Gasteiger partial charge in [0, 0.05) is 42.3 Å². The Labute approximate surface area is 178 Å². The molecule has 1 atom stereocenters. The van der Waals surface area contributed by atoms with Crippen LogP contribution in [0.2, 0.25) is 0 Å². The highest BCUT2D eigenvalue weighted by Gasteiger charge is 2.40. The Morgan fingerprint density at radius 3 is 2.70 bits per heavy atom. The van der Waals surface area contributed by atoms with Crippen LogP contribution >= 0.6 is 0 Å². The number of carbonyl (C=O) groups excluding carboxylic acids is 1. The molecule has 0 N–H and O–H groups in total. The molecule has 2 fully saturated rings. The first-order chi connectivity index (χ1) is 14.5. The minimum atomic E-state index is -1.37. The first kappa shape index (κ1) is 21.0. The van der Waals surface area contributed by atoms with Gasteiger partial charge in [-0.05, 0) is 25.1 Å². The van der Waals surface area contributed by atoms with Crippen molar-refractivity contribution >= 4 is 16.7 Å². The number of benzene rings is 1. The second kappa shape index (κ2) is 8.87. The Kier molecular flexibility index (Phi) is 6.21. The molecule has 1 amide bonds. The van der Waals surface area contributed by atoms with Crippen LogP contribution in [0.15, 0.2) is 28.7 Å². The highest BCUT2D eigenvalue weighted by atomic mass is 32.2. The number of aromatic nitrogens is 1. The van der Waals surface area contributed by atoms with Gasteiger partial charge in [0.05, 0.1) is 31.8 Å². The fourth-order valence-electron chi connectivity index (χ4n) is 3.76. The molecule has 1 aromatic carbocycles. The first-order valence-corrected chi connectivity index (χ1v) is 11.5. The standard InChI is InChI=1S/C21H26N2O6S/c1-15-18(22-20(29-15)16-4-3-5-17(12-16)26-2)13-30(25)14-19(24)23-8-6-21(7-9-23)27-10-11-28-21/h3-5,12H,6-11,13-14H2,1-2H3/t30-/m1/s1. The molecule has 3 heterocycles. The van der Waals surface area contributed by atoms with Crippen molar-refractivity contribution in [2.24, 2.45) is 0 Å². The fraction of sp³-hybridized carbons (Fsp3) is 0.524. The molecule has 1 aromatic heterocycles. The molecular formula is C21H26N2O6S. The van der Waals surface area contributed by atoms with Crippen LogP contribution in [0.3, 0.4) is 0 Å². The van der Waals surface area contributed by atoms with Crippen molar-refractivity contribution in [2.75, 3.05) is 39.2 Å². The lowest BCUT2D eigenvalue weighted by atomic mass is 10.0. The summed E-state index contributed by atoms with van der Waals surface area (Å²) in [6, 6.07) is 7.40. The molecule has 0 saturated carbocycles. The molecule has 2 aromatic rings. The minimum absolute atomic E-state index is 0.0322. The smallest absolute Gasteiger partial charge is 0.235 e. The van der Waals surface area contributed by atoms with Crippen molar-refractivity contribution in [3.05, 3.63) is 35.7 Å². The Morgan fingerprint density at radius 1 is 1.27 bits per heavy atom. The zero-order valence-corrected chi connectivity index (χ0v) is 18.0. The summed E-state index contributed by atoms with van der Waals surface area (Å²) < 4.78 is 35.0. The lowest BCUT2D eigenvalue weighted by Gasteiger charge is -2.37. The summed E-state index contributed by atoms with van der Waals surface area (Å²) in [7, 11) is 0.225. The highest BCUT2D eigenvalue weighted by Crippen LogP contribution is 2.31. The SMILES string of the molecule is COc1cccc(-c2nc(C[S@@](=O)CC(=O)N3CCC4(CC3)OCCO4)c(C)o2)c1. The third-order valence-corrected chi connectivity index (χ3v) is 6.65. The number of ether oxygens (including phenoxy) is 3. The van der Waals surface area contributed by atoms with Crippen LogP contribution in [-0.2, 0) is 30.8 Å². The Morgan fingerprint density at radius 2 is 2.00 bits per heavy atom. The maximum atomic E-state index is 12.6. The molecule has 2 aliphatic heterocycles. The van der Waals surface area contributed by atoms with E-state index in [4.69, 9.17) is 18.6 Å². The zero-order chi connectivity index (χ0) is 21.1. The Hall–Kier alpha value is -2.23. The number of carbonyl (C=O) groups is 1. The van der Waals surface area contributed by atoms with Gasteiger partial charge >= 0.3 is 0 Å². The summed E-state index contributed by atoms with van der Waals surface area (Å²) >= 11 is 0. The van der Waals surface area contributed by atoms with Crippen LogP contribution in [0.25, 0.3) is 11.5 Å². The lowest BCUT2D eigenvalue weighted by Crippen LogP contribution is -2.48. The molecular weight excluding hydrogens is 408 g/mol. The Bertz CT molecular complexity index is 927. The van der Waals surface area contributed by atoms with Crippen LogP contribution < -0.4 is 4.74 Å². The van der Waals surface area contributed by atoms with E-state index in [1.54, 1.807) is 18.9 Å². The zero-order valence-electron chi connectivity index (χ0n) is 17.2. The largest absolute Gasteiger partial charge is 0.497 e. The molecule has 0 bridgehead atoms. The van der Waals surface area contributed by atoms with Crippen molar-refractivity contribution in [3.8, 4) is 17.2 Å². The van der Waals surface area contributed by atoms with Gasteiger partial charge in [0.15, 0.2) is 5.79 Å². The van der Waals surface area contributed by atoms with E-state index in [1.165, 1.54) is 0 Å². The maximum Gasteiger partial charge on any atom is 0.235 e. The van der Waals surface area contributed by atoms with E-state index in [0.717, 1.165) is 5.56 Å². The van der Waals surface area contributed by atoms with Crippen LogP contribution in [0.4, 0.5) is 0 Å². The highest BCUT2D eigenvalue weighted by molar-refractivity contribution is 7.84. The minimum Gasteiger partial charge on any atom is -0.497 e. The molecule has 2 aliphatic rings. The fourth-order valence-corrected chi connectivity index (χ4v) is 4.89. The van der Waals surface area contributed by atoms with E-state index in [2.05, 4.69) is 4.98 Å². The molecule has 30 heavy (non-hydrogen) atoms. The van der Waals surface area contributed by atoms with Gasteiger partial charge in [-0.15, -0.1) is 0 Å². The van der Waals surface area contributed by atoms with Gasteiger partial charge in [-0.25, -0.2) is 4.98 Å². The van der Waals surface area contributed by atoms with Gasteiger partial charge in [-0.3, -0.25) is 9.00 Å². The summed E-state index contributed by atoms with van der Waals surface area (Å²) in [5.74, 6) is 1.26. The molecule has 0 aliphatic carbocycles. The van der Waals surface area contributed by atoms with Crippen molar-refractivity contribution < 1.29 is 27.6 Å². The topological polar surface area (TPSA) is 91.1 Å². The van der Waals surface area contributed by atoms with Gasteiger partial charge in [-0.2, -0.15) is 0 Å². The summed E-state index contributed by atoms with van der Waals surface area (Å²) in [6.07, 6.45) is 1.30. The monoisotopic (exact) mass is 434 g/mol. The number of amides is 1. The second-order valence-electron chi connectivity index (χ2n) is 7.47. The number of methoxy groups -OCH3 is 1. The van der Waals surface area contributed by atoms with E-state index in [0.29, 0.717) is 62.2 Å². The van der Waals surface area contributed by atoms with E-state index in [9.17, 15) is 9.00 Å². The van der Waals surface area contributed by atoms with Gasteiger partial charge in [0.25, 0.3) is 0 Å². The number of hydrogen-bond donors (Lipinski definition) is 0. The predicted molar refractivity (Wildman–Crippen MR) is 110 cm³/mol. The van der Waals surface area contributed by atoms with Gasteiger partial charge in [0.1, 0.15) is 17.3 Å². The van der Waals surface area contributed by atoms with Gasteiger partial charge < -0.3 is 23.5 Å². The number of hydrogen-bond acceptors (Lipinski definition) is 7. The van der Waals surface area contributed by atoms with Gasteiger partial charge in [-0.1, -0.05) is 6.07 Å². The molecule has 8 nitrogen and oxygen atoms in total. The number of likely N-dealkylation sites (tertiary alicyclic amines) is 1. The summed E-state index contributed by atoms with van der Waals surface area (Å²) in [6.45, 7) is 4.11. The predicted octanol–water partition coefficient (Wildman–Crippen LogP) is 2.27. The second-order valence-corrected chi connectivity index (χ2v) is 8.93. The molecule has 4 rings (SSSR count). The third kappa shape index (κ3) is 4.58. The van der Waals surface area contributed by atoms with Crippen LogP contribution in [0.5, 0.6) is 5.75 Å². The third-order valence-electron chi connectivity index (χ3n) is 5.48. The van der Waals surface area contributed by atoms with E-state index in [-0.39, 0.29) is 17.4 Å². The summed E-state index contributed by atoms with van der Waals surface area (Å²) in [5, 5.41) is 0. The van der Waals surface area contributed by atoms with Crippen molar-refractivity contribution in [3.63, 3.8) is 0 Å². The normalized spacial score (nSPS) is 19.2. The summed E-state index contributed by atoms with van der Waals surface area (Å²) in [5.41, 5.74) is 1.38. The number of nitrogens with zero attached hydrogens (tertiary/aromatic N) is 2. The van der Waals surface area contributed by atoms with Crippen LogP contribution in [0.1, 0.15) is 24.3 Å². The Balaban J connectivity index is 1.34. The molecule has 0 unspecified atom stereocenters. The van der Waals surface area contributed by atoms with Crippen LogP contribution in [0, 0.1) is 6.92 Å². The van der Waals surface area contributed by atoms with E-state index >= 15 is 0 Å². The van der Waals surface area contributed by atoms with Crippen molar-refractivity contribution in [1.29, 1.82) is 0 Å². The molecule has 1 spiro atoms. The number of piperidine rings is 1. The van der Waals surface area contributed by atoms with E-state index < -0.39 is 16.6 Å². The summed E-state index contributed by atoms with van der Waals surface area (Å²) in [4.78, 5) is 18.8. The number of oxazole rings is 1. The van der Waals surface area contributed by atoms with Crippen LogP contribution in [-0.4, -0.2) is 65.0 Å².